The summed E-state index contributed by atoms with van der Waals surface area (Å²) in [6.07, 6.45) is 1.93. The molecule has 5 heteroatoms. The molecule has 1 heterocycles. The van der Waals surface area contributed by atoms with Gasteiger partial charge in [0.25, 0.3) is 0 Å². The van der Waals surface area contributed by atoms with Crippen LogP contribution in [-0.2, 0) is 11.2 Å². The first kappa shape index (κ1) is 14.6. The summed E-state index contributed by atoms with van der Waals surface area (Å²) in [6, 6.07) is 9.86. The zero-order valence-corrected chi connectivity index (χ0v) is 12.7. The summed E-state index contributed by atoms with van der Waals surface area (Å²) < 4.78 is 13.2. The van der Waals surface area contributed by atoms with Crippen molar-refractivity contribution >= 4 is 34.1 Å². The van der Waals surface area contributed by atoms with E-state index in [4.69, 9.17) is 11.6 Å². The van der Waals surface area contributed by atoms with Gasteiger partial charge in [-0.25, -0.2) is 4.39 Å². The van der Waals surface area contributed by atoms with E-state index < -0.39 is 0 Å². The lowest BCUT2D eigenvalue weighted by Crippen LogP contribution is -2.14. The first-order valence-electron chi connectivity index (χ1n) is 6.84. The standard InChI is InChI=1S/C17H14ClFN2O/c1-10-2-4-13(8-15(10)18)21-17(22)6-11-9-20-16-7-12(19)3-5-14(11)16/h2-5,7-9,20H,6H2,1H3,(H,21,22). The molecule has 3 rings (SSSR count). The number of H-pyrrole nitrogens is 1. The number of aromatic nitrogens is 1. The van der Waals surface area contributed by atoms with Crippen molar-refractivity contribution in [3.05, 3.63) is 64.6 Å². The van der Waals surface area contributed by atoms with E-state index in [1.165, 1.54) is 12.1 Å². The highest BCUT2D eigenvalue weighted by Gasteiger charge is 2.10. The summed E-state index contributed by atoms with van der Waals surface area (Å²) in [4.78, 5) is 15.1. The van der Waals surface area contributed by atoms with Crippen LogP contribution < -0.4 is 5.32 Å². The average Bonchev–Trinajstić information content (AvgIpc) is 2.85. The molecule has 0 bridgehead atoms. The van der Waals surface area contributed by atoms with Gasteiger partial charge in [0.05, 0.1) is 6.42 Å². The van der Waals surface area contributed by atoms with Crippen molar-refractivity contribution in [2.75, 3.05) is 5.32 Å². The summed E-state index contributed by atoms with van der Waals surface area (Å²) in [6.45, 7) is 1.90. The van der Waals surface area contributed by atoms with Gasteiger partial charge in [0.2, 0.25) is 5.91 Å². The van der Waals surface area contributed by atoms with Crippen LogP contribution in [0.25, 0.3) is 10.9 Å². The minimum Gasteiger partial charge on any atom is -0.361 e. The Hall–Kier alpha value is -2.33. The third-order valence-electron chi connectivity index (χ3n) is 3.54. The van der Waals surface area contributed by atoms with Crippen LogP contribution >= 0.6 is 11.6 Å². The quantitative estimate of drug-likeness (QED) is 0.736. The monoisotopic (exact) mass is 316 g/mol. The summed E-state index contributed by atoms with van der Waals surface area (Å²) in [5.74, 6) is -0.454. The molecule has 0 atom stereocenters. The Kier molecular flexibility index (Phi) is 3.86. The molecule has 0 aliphatic rings. The third-order valence-corrected chi connectivity index (χ3v) is 3.94. The van der Waals surface area contributed by atoms with Gasteiger partial charge in [-0.15, -0.1) is 0 Å². The van der Waals surface area contributed by atoms with Crippen molar-refractivity contribution < 1.29 is 9.18 Å². The molecule has 22 heavy (non-hydrogen) atoms. The smallest absolute Gasteiger partial charge is 0.228 e. The van der Waals surface area contributed by atoms with E-state index in [9.17, 15) is 9.18 Å². The Labute approximate surface area is 132 Å². The molecule has 0 fully saturated rings. The van der Waals surface area contributed by atoms with Crippen molar-refractivity contribution in [2.24, 2.45) is 0 Å². The van der Waals surface area contributed by atoms with Crippen molar-refractivity contribution in [1.29, 1.82) is 0 Å². The number of carbonyl (C=O) groups is 1. The molecule has 1 amide bonds. The van der Waals surface area contributed by atoms with Crippen LogP contribution in [0.5, 0.6) is 0 Å². The Morgan fingerprint density at radius 3 is 2.86 bits per heavy atom. The van der Waals surface area contributed by atoms with Crippen molar-refractivity contribution in [3.63, 3.8) is 0 Å². The number of nitrogens with one attached hydrogen (secondary N) is 2. The van der Waals surface area contributed by atoms with E-state index in [1.54, 1.807) is 18.3 Å². The first-order valence-corrected chi connectivity index (χ1v) is 7.22. The second-order valence-corrected chi connectivity index (χ2v) is 5.60. The SMILES string of the molecule is Cc1ccc(NC(=O)Cc2c[nH]c3cc(F)ccc23)cc1Cl. The molecule has 0 radical (unpaired) electrons. The second kappa shape index (κ2) is 5.81. The zero-order valence-electron chi connectivity index (χ0n) is 11.9. The molecule has 0 spiro atoms. The fourth-order valence-electron chi connectivity index (χ4n) is 2.35. The topological polar surface area (TPSA) is 44.9 Å². The Morgan fingerprint density at radius 1 is 1.27 bits per heavy atom. The number of carbonyl (C=O) groups excluding carboxylic acids is 1. The molecule has 0 unspecified atom stereocenters. The number of halogens is 2. The molecule has 0 saturated heterocycles. The summed E-state index contributed by atoms with van der Waals surface area (Å²) in [5.41, 5.74) is 3.12. The summed E-state index contributed by atoms with van der Waals surface area (Å²) >= 11 is 6.04. The minimum absolute atomic E-state index is 0.148. The number of fused-ring (bicyclic) bond motifs is 1. The van der Waals surface area contributed by atoms with Crippen LogP contribution in [0.1, 0.15) is 11.1 Å². The molecule has 0 aliphatic carbocycles. The van der Waals surface area contributed by atoms with E-state index in [1.807, 2.05) is 19.1 Å². The molecule has 2 aromatic carbocycles. The molecular weight excluding hydrogens is 303 g/mol. The molecule has 2 N–H and O–H groups in total. The lowest BCUT2D eigenvalue weighted by molar-refractivity contribution is -0.115. The largest absolute Gasteiger partial charge is 0.361 e. The number of benzene rings is 2. The van der Waals surface area contributed by atoms with E-state index in [2.05, 4.69) is 10.3 Å². The molecule has 0 saturated carbocycles. The van der Waals surface area contributed by atoms with Crippen LogP contribution in [0, 0.1) is 12.7 Å². The van der Waals surface area contributed by atoms with E-state index in [0.717, 1.165) is 16.5 Å². The predicted octanol–water partition coefficient (Wildman–Crippen LogP) is 4.45. The average molecular weight is 317 g/mol. The van der Waals surface area contributed by atoms with Crippen LogP contribution in [0.3, 0.4) is 0 Å². The van der Waals surface area contributed by atoms with Gasteiger partial charge in [-0.05, 0) is 48.4 Å². The zero-order chi connectivity index (χ0) is 15.7. The Morgan fingerprint density at radius 2 is 2.09 bits per heavy atom. The van der Waals surface area contributed by atoms with Crippen LogP contribution in [0.15, 0.2) is 42.6 Å². The number of hydrogen-bond acceptors (Lipinski definition) is 1. The minimum atomic E-state index is -0.306. The van der Waals surface area contributed by atoms with Crippen molar-refractivity contribution in [3.8, 4) is 0 Å². The van der Waals surface area contributed by atoms with E-state index in [-0.39, 0.29) is 18.1 Å². The first-order chi connectivity index (χ1) is 10.5. The highest BCUT2D eigenvalue weighted by Crippen LogP contribution is 2.22. The maximum Gasteiger partial charge on any atom is 0.228 e. The fourth-order valence-corrected chi connectivity index (χ4v) is 2.53. The summed E-state index contributed by atoms with van der Waals surface area (Å²) in [7, 11) is 0. The summed E-state index contributed by atoms with van der Waals surface area (Å²) in [5, 5.41) is 4.27. The number of aromatic amines is 1. The van der Waals surface area contributed by atoms with Crippen molar-refractivity contribution in [1.82, 2.24) is 4.98 Å². The van der Waals surface area contributed by atoms with Gasteiger partial charge in [-0.2, -0.15) is 0 Å². The van der Waals surface area contributed by atoms with Crippen LogP contribution in [0.2, 0.25) is 5.02 Å². The van der Waals surface area contributed by atoms with Gasteiger partial charge in [-0.3, -0.25) is 4.79 Å². The Balaban J connectivity index is 1.76. The molecule has 0 aliphatic heterocycles. The molecule has 3 aromatic rings. The second-order valence-electron chi connectivity index (χ2n) is 5.19. The normalized spacial score (nSPS) is 10.9. The van der Waals surface area contributed by atoms with E-state index in [0.29, 0.717) is 16.2 Å². The third kappa shape index (κ3) is 2.97. The molecule has 3 nitrogen and oxygen atoms in total. The lowest BCUT2D eigenvalue weighted by atomic mass is 10.1. The lowest BCUT2D eigenvalue weighted by Gasteiger charge is -2.06. The number of rotatable bonds is 3. The number of aryl methyl sites for hydroxylation is 1. The van der Waals surface area contributed by atoms with Gasteiger partial charge < -0.3 is 10.3 Å². The van der Waals surface area contributed by atoms with Crippen LogP contribution in [0.4, 0.5) is 10.1 Å². The number of amides is 1. The fraction of sp³-hybridized carbons (Fsp3) is 0.118. The Bertz CT molecular complexity index is 857. The van der Waals surface area contributed by atoms with Gasteiger partial charge in [0, 0.05) is 27.8 Å². The van der Waals surface area contributed by atoms with Gasteiger partial charge in [0.1, 0.15) is 5.82 Å². The maximum atomic E-state index is 13.2. The molecular formula is C17H14ClFN2O. The maximum absolute atomic E-state index is 13.2. The predicted molar refractivity (Wildman–Crippen MR) is 86.8 cm³/mol. The molecule has 112 valence electrons. The van der Waals surface area contributed by atoms with E-state index >= 15 is 0 Å². The van der Waals surface area contributed by atoms with Gasteiger partial charge in [0.15, 0.2) is 0 Å². The number of hydrogen-bond donors (Lipinski definition) is 2. The highest BCUT2D eigenvalue weighted by atomic mass is 35.5. The van der Waals surface area contributed by atoms with Crippen molar-refractivity contribution in [2.45, 2.75) is 13.3 Å². The number of anilines is 1. The highest BCUT2D eigenvalue weighted by molar-refractivity contribution is 6.31. The van der Waals surface area contributed by atoms with Gasteiger partial charge in [-0.1, -0.05) is 17.7 Å². The molecule has 1 aromatic heterocycles. The van der Waals surface area contributed by atoms with Gasteiger partial charge >= 0.3 is 0 Å². The van der Waals surface area contributed by atoms with Crippen LogP contribution in [-0.4, -0.2) is 10.9 Å².